The van der Waals surface area contributed by atoms with Crippen molar-refractivity contribution in [2.45, 2.75) is 45.5 Å². The molecule has 1 unspecified atom stereocenters. The summed E-state index contributed by atoms with van der Waals surface area (Å²) in [6.45, 7) is 9.07. The van der Waals surface area contributed by atoms with Gasteiger partial charge in [0.15, 0.2) is 0 Å². The second-order valence-corrected chi connectivity index (χ2v) is 10.5. The number of hydrogen-bond donors (Lipinski definition) is 0. The van der Waals surface area contributed by atoms with Gasteiger partial charge >= 0.3 is 0 Å². The first kappa shape index (κ1) is 12.6. The summed E-state index contributed by atoms with van der Waals surface area (Å²) < 4.78 is 0. The predicted molar refractivity (Wildman–Crippen MR) is 61.8 cm³/mol. The van der Waals surface area contributed by atoms with Gasteiger partial charge in [0.05, 0.1) is 0 Å². The van der Waals surface area contributed by atoms with E-state index in [2.05, 4.69) is 31.8 Å². The van der Waals surface area contributed by atoms with Gasteiger partial charge in [-0.05, 0) is 18.9 Å². The van der Waals surface area contributed by atoms with Crippen LogP contribution in [0.4, 0.5) is 0 Å². The van der Waals surface area contributed by atoms with Gasteiger partial charge in [0.1, 0.15) is 6.29 Å². The lowest BCUT2D eigenvalue weighted by Gasteiger charge is -2.11. The van der Waals surface area contributed by atoms with Gasteiger partial charge in [-0.25, -0.2) is 0 Å². The Labute approximate surface area is 83.2 Å². The molecule has 0 fully saturated rings. The Morgan fingerprint density at radius 2 is 1.85 bits per heavy atom. The van der Waals surface area contributed by atoms with E-state index >= 15 is 0 Å². The molecule has 13 heavy (non-hydrogen) atoms. The third-order valence-corrected chi connectivity index (χ3v) is 3.38. The Kier molecular flexibility index (Phi) is 5.96. The maximum absolute atomic E-state index is 10.3. The normalized spacial score (nSPS) is 14.8. The van der Waals surface area contributed by atoms with Gasteiger partial charge in [-0.3, -0.25) is 0 Å². The molecule has 0 aromatic rings. The molecule has 0 rings (SSSR count). The molecular weight excluding hydrogens is 176 g/mol. The fraction of sp³-hybridized carbons (Fsp3) is 0.727. The summed E-state index contributed by atoms with van der Waals surface area (Å²) in [6, 6.07) is 1.25. The van der Waals surface area contributed by atoms with Crippen LogP contribution in [0.1, 0.15) is 19.8 Å². The van der Waals surface area contributed by atoms with Crippen molar-refractivity contribution in [3.63, 3.8) is 0 Å². The van der Waals surface area contributed by atoms with Crippen LogP contribution in [0.15, 0.2) is 12.2 Å². The molecule has 0 saturated heterocycles. The SMILES string of the molecule is CC(C=O)CC/C=C\C[Si](C)(C)C. The lowest BCUT2D eigenvalue weighted by Crippen LogP contribution is -2.17. The topological polar surface area (TPSA) is 17.1 Å². The average molecular weight is 198 g/mol. The highest BCUT2D eigenvalue weighted by Gasteiger charge is 2.09. The second kappa shape index (κ2) is 6.14. The van der Waals surface area contributed by atoms with E-state index in [4.69, 9.17) is 0 Å². The summed E-state index contributed by atoms with van der Waals surface area (Å²) in [6.07, 6.45) is 7.57. The Balaban J connectivity index is 3.48. The molecule has 0 N–H and O–H groups in total. The maximum Gasteiger partial charge on any atom is 0.122 e. The molecule has 0 aromatic heterocycles. The Hall–Kier alpha value is -0.373. The molecule has 0 amide bonds. The fourth-order valence-electron chi connectivity index (χ4n) is 0.982. The zero-order chi connectivity index (χ0) is 10.3. The lowest BCUT2D eigenvalue weighted by atomic mass is 10.1. The Morgan fingerprint density at radius 3 is 2.31 bits per heavy atom. The van der Waals surface area contributed by atoms with Crippen molar-refractivity contribution in [3.8, 4) is 0 Å². The first-order chi connectivity index (χ1) is 5.95. The summed E-state index contributed by atoms with van der Waals surface area (Å²) in [5.41, 5.74) is 0. The Bertz CT molecular complexity index is 167. The number of carbonyl (C=O) groups is 1. The second-order valence-electron chi connectivity index (χ2n) is 4.93. The highest BCUT2D eigenvalue weighted by Crippen LogP contribution is 2.10. The summed E-state index contributed by atoms with van der Waals surface area (Å²) in [5, 5.41) is 0. The van der Waals surface area contributed by atoms with Crippen LogP contribution in [0.25, 0.3) is 0 Å². The zero-order valence-corrected chi connectivity index (χ0v) is 10.3. The van der Waals surface area contributed by atoms with Crippen molar-refractivity contribution in [1.29, 1.82) is 0 Å². The molecule has 1 atom stereocenters. The van der Waals surface area contributed by atoms with Crippen LogP contribution in [0.3, 0.4) is 0 Å². The van der Waals surface area contributed by atoms with Gasteiger partial charge in [-0.1, -0.05) is 38.7 Å². The highest BCUT2D eigenvalue weighted by molar-refractivity contribution is 6.76. The third kappa shape index (κ3) is 9.54. The van der Waals surface area contributed by atoms with Gasteiger partial charge in [-0.15, -0.1) is 0 Å². The molecule has 2 heteroatoms. The van der Waals surface area contributed by atoms with E-state index in [1.807, 2.05) is 6.92 Å². The monoisotopic (exact) mass is 198 g/mol. The minimum Gasteiger partial charge on any atom is -0.303 e. The van der Waals surface area contributed by atoms with Crippen LogP contribution < -0.4 is 0 Å². The number of allylic oxidation sites excluding steroid dienone is 2. The van der Waals surface area contributed by atoms with Gasteiger partial charge in [0.25, 0.3) is 0 Å². The molecule has 0 heterocycles. The van der Waals surface area contributed by atoms with Crippen LogP contribution in [-0.4, -0.2) is 14.4 Å². The van der Waals surface area contributed by atoms with Crippen molar-refractivity contribution >= 4 is 14.4 Å². The van der Waals surface area contributed by atoms with Gasteiger partial charge in [0.2, 0.25) is 0 Å². The lowest BCUT2D eigenvalue weighted by molar-refractivity contribution is -0.110. The predicted octanol–water partition coefficient (Wildman–Crippen LogP) is 3.50. The summed E-state index contributed by atoms with van der Waals surface area (Å²) in [7, 11) is -0.899. The largest absolute Gasteiger partial charge is 0.303 e. The van der Waals surface area contributed by atoms with Crippen molar-refractivity contribution in [3.05, 3.63) is 12.2 Å². The summed E-state index contributed by atoms with van der Waals surface area (Å²) in [4.78, 5) is 10.3. The third-order valence-electron chi connectivity index (χ3n) is 1.92. The minimum atomic E-state index is -0.899. The molecule has 0 aliphatic heterocycles. The number of carbonyl (C=O) groups excluding carboxylic acids is 1. The fourth-order valence-corrected chi connectivity index (χ4v) is 1.86. The first-order valence-corrected chi connectivity index (χ1v) is 8.77. The van der Waals surface area contributed by atoms with Crippen molar-refractivity contribution in [2.24, 2.45) is 5.92 Å². The standard InChI is InChI=1S/C11H22OSi/c1-11(10-12)8-6-5-7-9-13(2,3)4/h5,7,10-11H,6,8-9H2,1-4H3/b7-5-. The number of hydrogen-bond acceptors (Lipinski definition) is 1. The van der Waals surface area contributed by atoms with Gasteiger partial charge in [-0.2, -0.15) is 0 Å². The van der Waals surface area contributed by atoms with E-state index in [1.165, 1.54) is 6.04 Å². The summed E-state index contributed by atoms with van der Waals surface area (Å²) >= 11 is 0. The van der Waals surface area contributed by atoms with Crippen molar-refractivity contribution in [2.75, 3.05) is 0 Å². The van der Waals surface area contributed by atoms with Crippen molar-refractivity contribution in [1.82, 2.24) is 0 Å². The van der Waals surface area contributed by atoms with Crippen LogP contribution in [0.2, 0.25) is 25.7 Å². The van der Waals surface area contributed by atoms with E-state index in [9.17, 15) is 4.79 Å². The smallest absolute Gasteiger partial charge is 0.122 e. The minimum absolute atomic E-state index is 0.219. The van der Waals surface area contributed by atoms with Crippen LogP contribution in [0, 0.1) is 5.92 Å². The van der Waals surface area contributed by atoms with Gasteiger partial charge < -0.3 is 4.79 Å². The van der Waals surface area contributed by atoms with E-state index in [-0.39, 0.29) is 5.92 Å². The zero-order valence-electron chi connectivity index (χ0n) is 9.34. The molecule has 0 spiro atoms. The molecule has 0 radical (unpaired) electrons. The van der Waals surface area contributed by atoms with Crippen LogP contribution >= 0.6 is 0 Å². The maximum atomic E-state index is 10.3. The van der Waals surface area contributed by atoms with Crippen LogP contribution in [-0.2, 0) is 4.79 Å². The molecule has 0 aliphatic carbocycles. The average Bonchev–Trinajstić information content (AvgIpc) is 2.01. The van der Waals surface area contributed by atoms with E-state index in [1.54, 1.807) is 0 Å². The quantitative estimate of drug-likeness (QED) is 0.363. The van der Waals surface area contributed by atoms with E-state index < -0.39 is 8.07 Å². The molecular formula is C11H22OSi. The van der Waals surface area contributed by atoms with Gasteiger partial charge in [0, 0.05) is 14.0 Å². The molecule has 1 nitrogen and oxygen atoms in total. The first-order valence-electron chi connectivity index (χ1n) is 5.06. The summed E-state index contributed by atoms with van der Waals surface area (Å²) in [5.74, 6) is 0.219. The molecule has 0 saturated carbocycles. The van der Waals surface area contributed by atoms with E-state index in [0.717, 1.165) is 19.1 Å². The molecule has 0 aromatic carbocycles. The highest BCUT2D eigenvalue weighted by atomic mass is 28.3. The number of rotatable bonds is 6. The van der Waals surface area contributed by atoms with E-state index in [0.29, 0.717) is 0 Å². The Morgan fingerprint density at radius 1 is 1.23 bits per heavy atom. The number of aldehydes is 1. The molecule has 0 bridgehead atoms. The molecule has 0 aliphatic rings. The van der Waals surface area contributed by atoms with Crippen LogP contribution in [0.5, 0.6) is 0 Å². The molecule has 76 valence electrons. The van der Waals surface area contributed by atoms with Crippen molar-refractivity contribution < 1.29 is 4.79 Å².